The van der Waals surface area contributed by atoms with Gasteiger partial charge in [0, 0.05) is 44.2 Å². The maximum Gasteiger partial charge on any atom is 0.305 e. The fourth-order valence-electron chi connectivity index (χ4n) is 6.10. The average Bonchev–Trinajstić information content (AvgIpc) is 3.71. The summed E-state index contributed by atoms with van der Waals surface area (Å²) >= 11 is 5.67. The third-order valence-electron chi connectivity index (χ3n) is 8.30. The van der Waals surface area contributed by atoms with Crippen molar-refractivity contribution in [3.05, 3.63) is 91.0 Å². The van der Waals surface area contributed by atoms with Gasteiger partial charge in [-0.1, -0.05) is 66.7 Å². The molecule has 1 aliphatic carbocycles. The number of imidazole rings is 1. The van der Waals surface area contributed by atoms with E-state index in [1.165, 1.54) is 18.2 Å². The summed E-state index contributed by atoms with van der Waals surface area (Å²) in [6.07, 6.45) is 12.9. The van der Waals surface area contributed by atoms with E-state index in [0.717, 1.165) is 37.9 Å². The van der Waals surface area contributed by atoms with Crippen molar-refractivity contribution in [1.29, 1.82) is 0 Å². The third kappa shape index (κ3) is 8.60. The van der Waals surface area contributed by atoms with Crippen molar-refractivity contribution >= 4 is 23.4 Å². The van der Waals surface area contributed by atoms with Gasteiger partial charge in [0.1, 0.15) is 12.4 Å². The summed E-state index contributed by atoms with van der Waals surface area (Å²) in [7, 11) is 1.42. The number of carbonyl (C=O) groups is 1. The quantitative estimate of drug-likeness (QED) is 0.149. The van der Waals surface area contributed by atoms with Crippen LogP contribution >= 0.6 is 12.2 Å². The summed E-state index contributed by atoms with van der Waals surface area (Å²) in [5.74, 6) is 0.0504. The number of hydrogen-bond donors (Lipinski definition) is 0. The topological polar surface area (TPSA) is 75.0 Å². The molecule has 0 amide bonds. The highest BCUT2D eigenvalue weighted by molar-refractivity contribution is 7.80. The third-order valence-corrected chi connectivity index (χ3v) is 8.60. The first-order chi connectivity index (χ1) is 21.1. The van der Waals surface area contributed by atoms with Crippen LogP contribution in [0, 0.1) is 5.92 Å². The second kappa shape index (κ2) is 15.9. The van der Waals surface area contributed by atoms with Crippen molar-refractivity contribution in [1.82, 2.24) is 14.5 Å². The van der Waals surface area contributed by atoms with Gasteiger partial charge in [0.2, 0.25) is 0 Å². The van der Waals surface area contributed by atoms with Crippen molar-refractivity contribution in [2.75, 3.05) is 33.4 Å². The van der Waals surface area contributed by atoms with Gasteiger partial charge < -0.3 is 18.9 Å². The van der Waals surface area contributed by atoms with E-state index in [1.807, 2.05) is 12.3 Å². The number of carbonyl (C=O) groups excluding carboxylic acids is 1. The van der Waals surface area contributed by atoms with E-state index in [4.69, 9.17) is 31.2 Å². The molecule has 4 atom stereocenters. The molecule has 0 spiro atoms. The smallest absolute Gasteiger partial charge is 0.305 e. The number of benzene rings is 2. The highest BCUT2D eigenvalue weighted by atomic mass is 32.1. The average molecular weight is 604 g/mol. The number of nitrogens with zero attached hydrogens (tertiary/aromatic N) is 3. The van der Waals surface area contributed by atoms with Crippen LogP contribution in [0.15, 0.2) is 85.5 Å². The second-order valence-corrected chi connectivity index (χ2v) is 11.4. The molecule has 2 aliphatic rings. The molecule has 5 rings (SSSR count). The first-order valence-electron chi connectivity index (χ1n) is 15.1. The Labute approximate surface area is 259 Å². The Morgan fingerprint density at radius 1 is 1.02 bits per heavy atom. The van der Waals surface area contributed by atoms with Crippen LogP contribution in [-0.4, -0.2) is 77.3 Å². The molecule has 1 saturated carbocycles. The molecule has 2 heterocycles. The van der Waals surface area contributed by atoms with E-state index in [1.54, 1.807) is 17.1 Å². The summed E-state index contributed by atoms with van der Waals surface area (Å²) in [5.41, 5.74) is 3.53. The maximum atomic E-state index is 11.5. The molecule has 2 fully saturated rings. The number of ether oxygens (including phenoxy) is 4. The SMILES string of the molecule is COC(=O)CCC=CCC[C@@H]1[C@@H](N2CCOCC2)[C@@H](OC(=S)n2ccnc2)C[C@@H]1OCc1ccc(-c2ccccc2)cc1. The molecule has 3 aromatic rings. The van der Waals surface area contributed by atoms with Gasteiger partial charge in [-0.2, -0.15) is 0 Å². The summed E-state index contributed by atoms with van der Waals surface area (Å²) in [5, 5.41) is 0.402. The predicted octanol–water partition coefficient (Wildman–Crippen LogP) is 5.66. The molecule has 8 nitrogen and oxygen atoms in total. The molecule has 228 valence electrons. The van der Waals surface area contributed by atoms with Gasteiger partial charge in [-0.15, -0.1) is 0 Å². The minimum atomic E-state index is -0.188. The Bertz CT molecular complexity index is 1310. The minimum Gasteiger partial charge on any atom is -0.469 e. The van der Waals surface area contributed by atoms with Crippen LogP contribution in [0.1, 0.15) is 37.7 Å². The van der Waals surface area contributed by atoms with Crippen LogP contribution in [0.5, 0.6) is 0 Å². The lowest BCUT2D eigenvalue weighted by Crippen LogP contribution is -2.51. The lowest BCUT2D eigenvalue weighted by atomic mass is 9.93. The zero-order valence-corrected chi connectivity index (χ0v) is 25.6. The van der Waals surface area contributed by atoms with Gasteiger partial charge >= 0.3 is 5.97 Å². The summed E-state index contributed by atoms with van der Waals surface area (Å²) in [4.78, 5) is 18.1. The van der Waals surface area contributed by atoms with Gasteiger partial charge in [-0.3, -0.25) is 14.3 Å². The number of aromatic nitrogens is 2. The molecule has 1 saturated heterocycles. The van der Waals surface area contributed by atoms with Gasteiger partial charge in [0.25, 0.3) is 5.17 Å². The summed E-state index contributed by atoms with van der Waals surface area (Å²) in [6, 6.07) is 19.2. The molecule has 0 unspecified atom stereocenters. The Morgan fingerprint density at radius 3 is 2.49 bits per heavy atom. The number of hydrogen-bond acceptors (Lipinski definition) is 8. The van der Waals surface area contributed by atoms with Crippen LogP contribution < -0.4 is 0 Å². The normalized spacial score (nSPS) is 22.5. The zero-order chi connectivity index (χ0) is 29.9. The molecule has 2 aromatic carbocycles. The first kappa shape index (κ1) is 31.1. The second-order valence-electron chi connectivity index (χ2n) is 11.0. The molecule has 0 radical (unpaired) electrons. The van der Waals surface area contributed by atoms with E-state index in [9.17, 15) is 4.79 Å². The highest BCUT2D eigenvalue weighted by Gasteiger charge is 2.48. The van der Waals surface area contributed by atoms with Gasteiger partial charge in [-0.05, 0) is 48.2 Å². The van der Waals surface area contributed by atoms with Crippen molar-refractivity contribution in [3.63, 3.8) is 0 Å². The zero-order valence-electron chi connectivity index (χ0n) is 24.8. The lowest BCUT2D eigenvalue weighted by Gasteiger charge is -2.39. The molecule has 43 heavy (non-hydrogen) atoms. The van der Waals surface area contributed by atoms with Crippen LogP contribution in [0.3, 0.4) is 0 Å². The Balaban J connectivity index is 1.30. The molecular formula is C34H41N3O5S. The highest BCUT2D eigenvalue weighted by Crippen LogP contribution is 2.39. The molecule has 1 aromatic heterocycles. The lowest BCUT2D eigenvalue weighted by molar-refractivity contribution is -0.140. The van der Waals surface area contributed by atoms with E-state index < -0.39 is 0 Å². The number of allylic oxidation sites excluding steroid dienone is 2. The van der Waals surface area contributed by atoms with Crippen molar-refractivity contribution in [2.24, 2.45) is 5.92 Å². The number of esters is 1. The number of thiocarbonyl (C=S) groups is 1. The fraction of sp³-hybridized carbons (Fsp3) is 0.441. The Hall–Kier alpha value is -3.37. The minimum absolute atomic E-state index is 0.000649. The number of methoxy groups -OCH3 is 1. The largest absolute Gasteiger partial charge is 0.469 e. The van der Waals surface area contributed by atoms with Crippen molar-refractivity contribution < 1.29 is 23.7 Å². The fourth-order valence-corrected chi connectivity index (χ4v) is 6.33. The van der Waals surface area contributed by atoms with Gasteiger partial charge in [0.15, 0.2) is 0 Å². The van der Waals surface area contributed by atoms with Gasteiger partial charge in [-0.25, -0.2) is 4.98 Å². The van der Waals surface area contributed by atoms with Gasteiger partial charge in [0.05, 0.1) is 39.1 Å². The molecule has 1 aliphatic heterocycles. The standard InChI is InChI=1S/C34H41N3O5S/c1-39-32(38)12-8-3-2-7-11-29-30(41-24-26-13-15-28(16-14-26)27-9-5-4-6-10-27)23-31(33(29)36-19-21-40-22-20-36)42-34(43)37-18-17-35-25-37/h2-6,9-10,13-18,25,29-31,33H,7-8,11-12,19-24H2,1H3/t29-,30-,31-,33+/m0/s1. The summed E-state index contributed by atoms with van der Waals surface area (Å²) < 4.78 is 25.4. The van der Waals surface area contributed by atoms with E-state index in [0.29, 0.717) is 37.8 Å². The van der Waals surface area contributed by atoms with E-state index >= 15 is 0 Å². The molecule has 9 heteroatoms. The summed E-state index contributed by atoms with van der Waals surface area (Å²) in [6.45, 7) is 3.63. The van der Waals surface area contributed by atoms with Crippen molar-refractivity contribution in [2.45, 2.75) is 57.0 Å². The molecule has 0 bridgehead atoms. The first-order valence-corrected chi connectivity index (χ1v) is 15.5. The van der Waals surface area contributed by atoms with E-state index in [2.05, 4.69) is 70.6 Å². The molecular weight excluding hydrogens is 562 g/mol. The number of morpholine rings is 1. The Kier molecular flexibility index (Phi) is 11.5. The molecule has 0 N–H and O–H groups in total. The van der Waals surface area contributed by atoms with Crippen LogP contribution in [0.25, 0.3) is 11.1 Å². The predicted molar refractivity (Wildman–Crippen MR) is 169 cm³/mol. The maximum absolute atomic E-state index is 11.5. The Morgan fingerprint density at radius 2 is 1.77 bits per heavy atom. The van der Waals surface area contributed by atoms with Crippen LogP contribution in [-0.2, 0) is 30.3 Å². The number of rotatable bonds is 12. The van der Waals surface area contributed by atoms with E-state index in [-0.39, 0.29) is 30.1 Å². The van der Waals surface area contributed by atoms with Crippen LogP contribution in [0.4, 0.5) is 0 Å². The van der Waals surface area contributed by atoms with Crippen LogP contribution in [0.2, 0.25) is 0 Å². The van der Waals surface area contributed by atoms with Crippen molar-refractivity contribution in [3.8, 4) is 11.1 Å². The monoisotopic (exact) mass is 603 g/mol.